The smallest absolute Gasteiger partial charge is 0.146 e. The quantitative estimate of drug-likeness (QED) is 0.123. The zero-order valence-corrected chi connectivity index (χ0v) is 36.6. The Labute approximate surface area is 387 Å². The van der Waals surface area contributed by atoms with Crippen LogP contribution in [0.4, 0.5) is 0 Å². The monoisotopic (exact) mass is 851 g/mol. The third-order valence-electron chi connectivity index (χ3n) is 13.6. The molecule has 0 atom stereocenters. The SMILES string of the molecule is C=C/C=c1/cc(-c2ccc(-c3c4ccccc4c(-c4ccc5ccccc5c4)c4cc(-c5cccc(-c6ccc7c(c6)c6ccccc6n6c8ccccc8nc76)n5)ccc34)cc2)ccc1=C. The second-order valence-electron chi connectivity index (χ2n) is 17.5. The van der Waals surface area contributed by atoms with Gasteiger partial charge in [-0.15, -0.1) is 0 Å². The average Bonchev–Trinajstić information content (AvgIpc) is 3.79. The van der Waals surface area contributed by atoms with Gasteiger partial charge in [0.25, 0.3) is 0 Å². The Balaban J connectivity index is 0.992. The van der Waals surface area contributed by atoms with Crippen LogP contribution in [0.25, 0.3) is 139 Å². The lowest BCUT2D eigenvalue weighted by atomic mass is 9.84. The molecule has 67 heavy (non-hydrogen) atoms. The Morgan fingerprint density at radius 1 is 0.373 bits per heavy atom. The van der Waals surface area contributed by atoms with Gasteiger partial charge in [-0.05, 0) is 142 Å². The van der Waals surface area contributed by atoms with Crippen LogP contribution in [0.15, 0.2) is 225 Å². The molecule has 0 radical (unpaired) electrons. The van der Waals surface area contributed by atoms with E-state index in [0.717, 1.165) is 77.0 Å². The highest BCUT2D eigenvalue weighted by atomic mass is 15.0. The maximum atomic E-state index is 5.42. The lowest BCUT2D eigenvalue weighted by Gasteiger charge is -2.19. The summed E-state index contributed by atoms with van der Waals surface area (Å²) in [5, 5.41) is 12.8. The van der Waals surface area contributed by atoms with E-state index in [1.165, 1.54) is 60.0 Å². The predicted octanol–water partition coefficient (Wildman–Crippen LogP) is 15.4. The van der Waals surface area contributed by atoms with Gasteiger partial charge >= 0.3 is 0 Å². The molecule has 0 amide bonds. The van der Waals surface area contributed by atoms with Gasteiger partial charge in [0.1, 0.15) is 5.65 Å². The lowest BCUT2D eigenvalue weighted by molar-refractivity contribution is 1.31. The number of para-hydroxylation sites is 3. The molecule has 0 bridgehead atoms. The fraction of sp³-hybridized carbons (Fsp3) is 0. The molecule has 10 aromatic carbocycles. The van der Waals surface area contributed by atoms with E-state index in [4.69, 9.17) is 9.97 Å². The Bertz CT molecular complexity index is 4310. The van der Waals surface area contributed by atoms with Crippen molar-refractivity contribution in [2.24, 2.45) is 0 Å². The largest absolute Gasteiger partial charge is 0.292 e. The van der Waals surface area contributed by atoms with Crippen molar-refractivity contribution in [2.45, 2.75) is 0 Å². The molecule has 3 heteroatoms. The Hall–Kier alpha value is -8.92. The van der Waals surface area contributed by atoms with Crippen molar-refractivity contribution in [1.29, 1.82) is 0 Å². The molecule has 0 fully saturated rings. The van der Waals surface area contributed by atoms with Gasteiger partial charge in [-0.2, -0.15) is 0 Å². The molecule has 0 aliphatic heterocycles. The molecule has 13 rings (SSSR count). The van der Waals surface area contributed by atoms with Crippen LogP contribution in [0.1, 0.15) is 0 Å². The van der Waals surface area contributed by atoms with Gasteiger partial charge < -0.3 is 0 Å². The van der Waals surface area contributed by atoms with Crippen molar-refractivity contribution in [2.75, 3.05) is 0 Å². The summed E-state index contributed by atoms with van der Waals surface area (Å²) in [5.41, 5.74) is 15.2. The summed E-state index contributed by atoms with van der Waals surface area (Å²) in [5.74, 6) is 0. The summed E-state index contributed by atoms with van der Waals surface area (Å²) < 4.78 is 2.30. The standard InChI is InChI=1S/C64H41N3/c1-3-13-44-36-46(25-24-40(44)2)42-26-29-43(30-27-42)62-51-17-6-7-18-52(51)63(49-31-28-41-14-4-5-15-45(41)37-49)56-39-48(32-34-53(56)62)58-21-12-20-57(65-58)47-33-35-54-55(38-47)50-16-8-10-22-60(50)67-61-23-11-9-19-59(61)66-64(54)67/h3-39H,1-2H2/b44-13-. The van der Waals surface area contributed by atoms with Crippen LogP contribution in [0.2, 0.25) is 0 Å². The Morgan fingerprint density at radius 3 is 1.73 bits per heavy atom. The third-order valence-corrected chi connectivity index (χ3v) is 13.6. The normalized spacial score (nSPS) is 12.1. The molecule has 0 aliphatic carbocycles. The number of nitrogens with zero attached hydrogens (tertiary/aromatic N) is 3. The second-order valence-corrected chi connectivity index (χ2v) is 17.5. The van der Waals surface area contributed by atoms with Crippen LogP contribution >= 0.6 is 0 Å². The first-order chi connectivity index (χ1) is 33.1. The van der Waals surface area contributed by atoms with E-state index in [1.54, 1.807) is 0 Å². The van der Waals surface area contributed by atoms with Gasteiger partial charge in [-0.1, -0.05) is 177 Å². The Morgan fingerprint density at radius 2 is 0.955 bits per heavy atom. The summed E-state index contributed by atoms with van der Waals surface area (Å²) in [6, 6.07) is 76.8. The van der Waals surface area contributed by atoms with Crippen LogP contribution < -0.4 is 10.4 Å². The van der Waals surface area contributed by atoms with E-state index >= 15 is 0 Å². The number of pyridine rings is 2. The van der Waals surface area contributed by atoms with Gasteiger partial charge in [-0.3, -0.25) is 4.40 Å². The molecule has 0 spiro atoms. The molecular formula is C64H41N3. The fourth-order valence-electron chi connectivity index (χ4n) is 10.4. The zero-order valence-electron chi connectivity index (χ0n) is 36.6. The topological polar surface area (TPSA) is 30.2 Å². The number of hydrogen-bond acceptors (Lipinski definition) is 2. The molecule has 0 unspecified atom stereocenters. The van der Waals surface area contributed by atoms with E-state index in [0.29, 0.717) is 0 Å². The average molecular weight is 852 g/mol. The molecular weight excluding hydrogens is 811 g/mol. The Kier molecular flexibility index (Phi) is 8.84. The molecule has 13 aromatic rings. The van der Waals surface area contributed by atoms with Crippen molar-refractivity contribution < 1.29 is 0 Å². The number of rotatable bonds is 6. The van der Waals surface area contributed by atoms with Crippen molar-refractivity contribution >= 4 is 83.3 Å². The minimum Gasteiger partial charge on any atom is -0.292 e. The van der Waals surface area contributed by atoms with Gasteiger partial charge in [0.2, 0.25) is 0 Å². The molecule has 3 nitrogen and oxygen atoms in total. The first-order valence-corrected chi connectivity index (χ1v) is 22.8. The number of hydrogen-bond donors (Lipinski definition) is 0. The second kappa shape index (κ2) is 15.4. The third kappa shape index (κ3) is 6.28. The van der Waals surface area contributed by atoms with Gasteiger partial charge in [-0.25, -0.2) is 9.97 Å². The highest BCUT2D eigenvalue weighted by Crippen LogP contribution is 2.46. The van der Waals surface area contributed by atoms with E-state index < -0.39 is 0 Å². The highest BCUT2D eigenvalue weighted by Gasteiger charge is 2.19. The molecule has 3 heterocycles. The fourth-order valence-corrected chi connectivity index (χ4v) is 10.4. The van der Waals surface area contributed by atoms with E-state index in [2.05, 4.69) is 230 Å². The van der Waals surface area contributed by atoms with Crippen LogP contribution in [-0.4, -0.2) is 14.4 Å². The van der Waals surface area contributed by atoms with E-state index in [9.17, 15) is 0 Å². The first kappa shape index (κ1) is 38.5. The maximum Gasteiger partial charge on any atom is 0.146 e. The first-order valence-electron chi connectivity index (χ1n) is 22.8. The molecule has 0 N–H and O–H groups in total. The van der Waals surface area contributed by atoms with Crippen molar-refractivity contribution in [1.82, 2.24) is 14.4 Å². The summed E-state index contributed by atoms with van der Waals surface area (Å²) >= 11 is 0. The van der Waals surface area contributed by atoms with Crippen molar-refractivity contribution in [3.05, 3.63) is 235 Å². The van der Waals surface area contributed by atoms with Crippen LogP contribution in [0, 0.1) is 0 Å². The summed E-state index contributed by atoms with van der Waals surface area (Å²) in [4.78, 5) is 10.6. The van der Waals surface area contributed by atoms with Gasteiger partial charge in [0.15, 0.2) is 0 Å². The van der Waals surface area contributed by atoms with Crippen molar-refractivity contribution in [3.8, 4) is 55.9 Å². The number of aromatic nitrogens is 3. The zero-order chi connectivity index (χ0) is 44.6. The summed E-state index contributed by atoms with van der Waals surface area (Å²) in [6.07, 6.45) is 3.83. The van der Waals surface area contributed by atoms with Crippen molar-refractivity contribution in [3.63, 3.8) is 0 Å². The molecule has 312 valence electrons. The van der Waals surface area contributed by atoms with Crippen LogP contribution in [0.3, 0.4) is 0 Å². The number of benzene rings is 10. The minimum absolute atomic E-state index is 0.921. The van der Waals surface area contributed by atoms with Crippen LogP contribution in [0.5, 0.6) is 0 Å². The van der Waals surface area contributed by atoms with E-state index in [1.807, 2.05) is 12.2 Å². The van der Waals surface area contributed by atoms with E-state index in [-0.39, 0.29) is 0 Å². The minimum atomic E-state index is 0.921. The maximum absolute atomic E-state index is 5.42. The molecule has 0 saturated heterocycles. The predicted molar refractivity (Wildman–Crippen MR) is 285 cm³/mol. The number of fused-ring (bicyclic) bond motifs is 11. The molecule has 3 aromatic heterocycles. The highest BCUT2D eigenvalue weighted by molar-refractivity contribution is 6.22. The summed E-state index contributed by atoms with van der Waals surface area (Å²) in [7, 11) is 0. The molecule has 0 saturated carbocycles. The van der Waals surface area contributed by atoms with Crippen LogP contribution in [-0.2, 0) is 0 Å². The summed E-state index contributed by atoms with van der Waals surface area (Å²) in [6.45, 7) is 8.13. The lowest BCUT2D eigenvalue weighted by Crippen LogP contribution is -2.22. The van der Waals surface area contributed by atoms with Gasteiger partial charge in [0, 0.05) is 21.9 Å². The molecule has 0 aliphatic rings. The van der Waals surface area contributed by atoms with Gasteiger partial charge in [0.05, 0.1) is 27.9 Å². The number of imidazole rings is 1. The number of allylic oxidation sites excluding steroid dienone is 1.